The first-order valence-electron chi connectivity index (χ1n) is 6.78. The van der Waals surface area contributed by atoms with E-state index < -0.39 is 10.8 Å². The molecule has 0 aliphatic rings. The fourth-order valence-electron chi connectivity index (χ4n) is 1.97. The summed E-state index contributed by atoms with van der Waals surface area (Å²) in [4.78, 5) is 22.3. The summed E-state index contributed by atoms with van der Waals surface area (Å²) in [5.41, 5.74) is 0.990. The average molecular weight is 346 g/mol. The Morgan fingerprint density at radius 2 is 2.17 bits per heavy atom. The number of nitro benzene ring substituents is 1. The fraction of sp³-hybridized carbons (Fsp3) is 0.125. The molecule has 122 valence electrons. The van der Waals surface area contributed by atoms with E-state index in [4.69, 9.17) is 21.6 Å². The molecule has 0 spiro atoms. The molecule has 2 aromatic rings. The lowest BCUT2D eigenvalue weighted by Crippen LogP contribution is -2.21. The third-order valence-electron chi connectivity index (χ3n) is 3.20. The molecule has 0 bridgehead atoms. The van der Waals surface area contributed by atoms with Crippen LogP contribution in [0, 0.1) is 28.4 Å². The summed E-state index contributed by atoms with van der Waals surface area (Å²) in [5.74, 6) is -0.222. The van der Waals surface area contributed by atoms with Crippen molar-refractivity contribution in [3.63, 3.8) is 0 Å². The number of amides is 1. The van der Waals surface area contributed by atoms with Crippen molar-refractivity contribution in [2.24, 2.45) is 0 Å². The molecule has 0 fully saturated rings. The van der Waals surface area contributed by atoms with Crippen molar-refractivity contribution in [3.05, 3.63) is 62.7 Å². The SMILES string of the molecule is Cc1c(NC(=O)COc2ccc(C#N)cc2Cl)cccc1[N+](=O)[O-]. The zero-order valence-electron chi connectivity index (χ0n) is 12.6. The summed E-state index contributed by atoms with van der Waals surface area (Å²) in [6.45, 7) is 1.22. The molecule has 8 heteroatoms. The molecule has 0 radical (unpaired) electrons. The van der Waals surface area contributed by atoms with Gasteiger partial charge in [-0.3, -0.25) is 14.9 Å². The van der Waals surface area contributed by atoms with E-state index in [9.17, 15) is 14.9 Å². The molecular formula is C16H12ClN3O4. The fourth-order valence-corrected chi connectivity index (χ4v) is 2.21. The van der Waals surface area contributed by atoms with Gasteiger partial charge in [0.2, 0.25) is 0 Å². The number of rotatable bonds is 5. The zero-order valence-corrected chi connectivity index (χ0v) is 13.3. The Bertz CT molecular complexity index is 846. The lowest BCUT2D eigenvalue weighted by molar-refractivity contribution is -0.385. The molecule has 0 saturated carbocycles. The molecule has 0 aromatic heterocycles. The molecule has 7 nitrogen and oxygen atoms in total. The average Bonchev–Trinajstić information content (AvgIpc) is 2.55. The van der Waals surface area contributed by atoms with Crippen molar-refractivity contribution < 1.29 is 14.5 Å². The zero-order chi connectivity index (χ0) is 17.7. The third-order valence-corrected chi connectivity index (χ3v) is 3.49. The Morgan fingerprint density at radius 1 is 1.42 bits per heavy atom. The molecule has 2 aromatic carbocycles. The Labute approximate surface area is 142 Å². The van der Waals surface area contributed by atoms with Crippen LogP contribution < -0.4 is 10.1 Å². The molecule has 0 unspecified atom stereocenters. The maximum atomic E-state index is 12.0. The van der Waals surface area contributed by atoms with E-state index in [-0.39, 0.29) is 23.1 Å². The van der Waals surface area contributed by atoms with Gasteiger partial charge in [-0.15, -0.1) is 0 Å². The van der Waals surface area contributed by atoms with Gasteiger partial charge in [-0.05, 0) is 31.2 Å². The van der Waals surface area contributed by atoms with Crippen LogP contribution in [0.2, 0.25) is 5.02 Å². The molecule has 0 aliphatic carbocycles. The van der Waals surface area contributed by atoms with E-state index in [1.165, 1.54) is 30.3 Å². The van der Waals surface area contributed by atoms with Crippen LogP contribution in [0.25, 0.3) is 0 Å². The number of ether oxygens (including phenoxy) is 1. The highest BCUT2D eigenvalue weighted by atomic mass is 35.5. The molecule has 24 heavy (non-hydrogen) atoms. The third kappa shape index (κ3) is 4.00. The van der Waals surface area contributed by atoms with E-state index in [0.29, 0.717) is 16.8 Å². The first-order valence-corrected chi connectivity index (χ1v) is 7.16. The molecule has 1 N–H and O–H groups in total. The Kier molecular flexibility index (Phi) is 5.35. The summed E-state index contributed by atoms with van der Waals surface area (Å²) in [7, 11) is 0. The first-order chi connectivity index (χ1) is 11.4. The lowest BCUT2D eigenvalue weighted by atomic mass is 10.1. The number of hydrogen-bond acceptors (Lipinski definition) is 5. The highest BCUT2D eigenvalue weighted by Gasteiger charge is 2.15. The lowest BCUT2D eigenvalue weighted by Gasteiger charge is -2.10. The predicted octanol–water partition coefficient (Wildman–Crippen LogP) is 3.45. The summed E-state index contributed by atoms with van der Waals surface area (Å²) >= 11 is 5.95. The van der Waals surface area contributed by atoms with E-state index >= 15 is 0 Å². The minimum Gasteiger partial charge on any atom is -0.482 e. The molecule has 0 saturated heterocycles. The van der Waals surface area contributed by atoms with Gasteiger partial charge in [-0.25, -0.2) is 0 Å². The van der Waals surface area contributed by atoms with Gasteiger partial charge < -0.3 is 10.1 Å². The first kappa shape index (κ1) is 17.2. The van der Waals surface area contributed by atoms with Crippen LogP contribution in [0.1, 0.15) is 11.1 Å². The number of nitrogens with one attached hydrogen (secondary N) is 1. The number of nitro groups is 1. The van der Waals surface area contributed by atoms with E-state index in [1.54, 1.807) is 13.0 Å². The number of hydrogen-bond donors (Lipinski definition) is 1. The van der Waals surface area contributed by atoms with Crippen molar-refractivity contribution in [1.82, 2.24) is 0 Å². The summed E-state index contributed by atoms with van der Waals surface area (Å²) in [6, 6.07) is 10.8. The number of carbonyl (C=O) groups is 1. The van der Waals surface area contributed by atoms with Gasteiger partial charge >= 0.3 is 0 Å². The maximum Gasteiger partial charge on any atom is 0.274 e. The van der Waals surface area contributed by atoms with Gasteiger partial charge in [0, 0.05) is 6.07 Å². The number of nitrogens with zero attached hydrogens (tertiary/aromatic N) is 2. The second-order valence-electron chi connectivity index (χ2n) is 4.80. The van der Waals surface area contributed by atoms with E-state index in [0.717, 1.165) is 0 Å². The van der Waals surface area contributed by atoms with Crippen molar-refractivity contribution >= 4 is 28.9 Å². The molecule has 2 rings (SSSR count). The van der Waals surface area contributed by atoms with E-state index in [2.05, 4.69) is 5.32 Å². The van der Waals surface area contributed by atoms with Crippen LogP contribution in [-0.2, 0) is 4.79 Å². The molecule has 0 aliphatic heterocycles. The van der Waals surface area contributed by atoms with Crippen molar-refractivity contribution in [1.29, 1.82) is 5.26 Å². The van der Waals surface area contributed by atoms with E-state index in [1.807, 2.05) is 6.07 Å². The van der Waals surface area contributed by atoms with Crippen molar-refractivity contribution in [2.45, 2.75) is 6.92 Å². The minimum atomic E-state index is -0.516. The number of anilines is 1. The van der Waals surface area contributed by atoms with Gasteiger partial charge in [-0.2, -0.15) is 5.26 Å². The van der Waals surface area contributed by atoms with Crippen LogP contribution in [0.3, 0.4) is 0 Å². The summed E-state index contributed by atoms with van der Waals surface area (Å²) < 4.78 is 5.30. The second kappa shape index (κ2) is 7.44. The van der Waals surface area contributed by atoms with Crippen LogP contribution in [-0.4, -0.2) is 17.4 Å². The van der Waals surface area contributed by atoms with Crippen LogP contribution in [0.15, 0.2) is 36.4 Å². The molecule has 0 heterocycles. The molecule has 1 amide bonds. The normalized spacial score (nSPS) is 9.88. The monoisotopic (exact) mass is 345 g/mol. The number of halogens is 1. The quantitative estimate of drug-likeness (QED) is 0.660. The van der Waals surface area contributed by atoms with Gasteiger partial charge in [-0.1, -0.05) is 17.7 Å². The Balaban J connectivity index is 2.03. The topological polar surface area (TPSA) is 105 Å². The summed E-state index contributed by atoms with van der Waals surface area (Å²) in [5, 5.41) is 22.4. The Hall–Kier alpha value is -3.11. The van der Waals surface area contributed by atoms with Crippen LogP contribution >= 0.6 is 11.6 Å². The number of benzene rings is 2. The van der Waals surface area contributed by atoms with Gasteiger partial charge in [0.05, 0.1) is 32.8 Å². The van der Waals surface area contributed by atoms with Gasteiger partial charge in [0.15, 0.2) is 6.61 Å². The minimum absolute atomic E-state index is 0.0798. The maximum absolute atomic E-state index is 12.0. The van der Waals surface area contributed by atoms with Gasteiger partial charge in [0.1, 0.15) is 5.75 Å². The highest BCUT2D eigenvalue weighted by Crippen LogP contribution is 2.26. The van der Waals surface area contributed by atoms with Crippen LogP contribution in [0.4, 0.5) is 11.4 Å². The number of carbonyl (C=O) groups excluding carboxylic acids is 1. The Morgan fingerprint density at radius 3 is 2.79 bits per heavy atom. The van der Waals surface area contributed by atoms with Crippen molar-refractivity contribution in [2.75, 3.05) is 11.9 Å². The van der Waals surface area contributed by atoms with Crippen molar-refractivity contribution in [3.8, 4) is 11.8 Å². The smallest absolute Gasteiger partial charge is 0.274 e. The second-order valence-corrected chi connectivity index (χ2v) is 5.21. The molecular weight excluding hydrogens is 334 g/mol. The largest absolute Gasteiger partial charge is 0.482 e. The number of nitriles is 1. The summed E-state index contributed by atoms with van der Waals surface area (Å²) in [6.07, 6.45) is 0. The highest BCUT2D eigenvalue weighted by molar-refractivity contribution is 6.32. The van der Waals surface area contributed by atoms with Gasteiger partial charge in [0.25, 0.3) is 11.6 Å². The predicted molar refractivity (Wildman–Crippen MR) is 88.1 cm³/mol. The standard InChI is InChI=1S/C16H12ClN3O4/c1-10-13(3-2-4-14(10)20(22)23)19-16(21)9-24-15-6-5-11(8-18)7-12(15)17/h2-7H,9H2,1H3,(H,19,21). The van der Waals surface area contributed by atoms with Crippen LogP contribution in [0.5, 0.6) is 5.75 Å². The molecule has 0 atom stereocenters.